The maximum atomic E-state index is 13.2. The smallest absolute Gasteiger partial charge is 0.252 e. The van der Waals surface area contributed by atoms with Gasteiger partial charge in [0.1, 0.15) is 5.75 Å². The first-order valence-electron chi connectivity index (χ1n) is 10.9. The Kier molecular flexibility index (Phi) is 7.92. The molecule has 7 nitrogen and oxygen atoms in total. The molecule has 2 aromatic carbocycles. The van der Waals surface area contributed by atoms with Gasteiger partial charge in [-0.1, -0.05) is 32.0 Å². The minimum absolute atomic E-state index is 0.125. The summed E-state index contributed by atoms with van der Waals surface area (Å²) in [6.45, 7) is 7.38. The van der Waals surface area contributed by atoms with Gasteiger partial charge in [-0.3, -0.25) is 4.79 Å². The Bertz CT molecular complexity index is 1030. The maximum Gasteiger partial charge on any atom is 0.252 e. The molecule has 1 heterocycles. The van der Waals surface area contributed by atoms with Gasteiger partial charge in [0.05, 0.1) is 31.3 Å². The van der Waals surface area contributed by atoms with Gasteiger partial charge < -0.3 is 14.8 Å². The van der Waals surface area contributed by atoms with E-state index < -0.39 is 10.0 Å². The summed E-state index contributed by atoms with van der Waals surface area (Å²) in [7, 11) is -2.07. The number of benzene rings is 2. The van der Waals surface area contributed by atoms with E-state index >= 15 is 0 Å². The zero-order valence-corrected chi connectivity index (χ0v) is 19.9. The van der Waals surface area contributed by atoms with Gasteiger partial charge in [0, 0.05) is 18.7 Å². The lowest BCUT2D eigenvalue weighted by atomic mass is 9.96. The maximum absolute atomic E-state index is 13.2. The first-order chi connectivity index (χ1) is 15.2. The van der Waals surface area contributed by atoms with E-state index in [2.05, 4.69) is 19.2 Å². The molecule has 0 saturated carbocycles. The predicted molar refractivity (Wildman–Crippen MR) is 123 cm³/mol. The van der Waals surface area contributed by atoms with Crippen molar-refractivity contribution in [3.8, 4) is 5.75 Å². The van der Waals surface area contributed by atoms with Gasteiger partial charge in [-0.25, -0.2) is 8.42 Å². The second-order valence-corrected chi connectivity index (χ2v) is 10.4. The fourth-order valence-electron chi connectivity index (χ4n) is 3.76. The largest absolute Gasteiger partial charge is 0.497 e. The Morgan fingerprint density at radius 3 is 2.38 bits per heavy atom. The summed E-state index contributed by atoms with van der Waals surface area (Å²) in [4.78, 5) is 13.4. The van der Waals surface area contributed by atoms with Crippen molar-refractivity contribution < 1.29 is 22.7 Å². The molecule has 1 aliphatic rings. The van der Waals surface area contributed by atoms with Crippen LogP contribution in [0, 0.1) is 12.8 Å². The van der Waals surface area contributed by atoms with E-state index in [9.17, 15) is 13.2 Å². The molecular formula is C24H32N2O5S. The fraction of sp³-hybridized carbons (Fsp3) is 0.458. The highest BCUT2D eigenvalue weighted by Gasteiger charge is 2.28. The molecule has 1 amide bonds. The average Bonchev–Trinajstić information content (AvgIpc) is 2.79. The van der Waals surface area contributed by atoms with Crippen molar-refractivity contribution in [2.24, 2.45) is 5.92 Å². The van der Waals surface area contributed by atoms with Crippen LogP contribution < -0.4 is 10.1 Å². The van der Waals surface area contributed by atoms with Crippen molar-refractivity contribution in [1.82, 2.24) is 9.62 Å². The Hall–Kier alpha value is -2.42. The number of nitrogens with one attached hydrogen (secondary N) is 1. The van der Waals surface area contributed by atoms with E-state index in [0.717, 1.165) is 23.3 Å². The SMILES string of the molecule is COc1ccc(C(CC(C)C)NC(=O)c2cc(S(=O)(=O)N3CCOCC3)ccc2C)cc1. The lowest BCUT2D eigenvalue weighted by molar-refractivity contribution is 0.0730. The summed E-state index contributed by atoms with van der Waals surface area (Å²) < 4.78 is 38.0. The molecule has 2 aromatic rings. The van der Waals surface area contributed by atoms with Gasteiger partial charge in [-0.2, -0.15) is 4.31 Å². The van der Waals surface area contributed by atoms with E-state index in [4.69, 9.17) is 9.47 Å². The minimum atomic E-state index is -3.68. The molecule has 1 unspecified atom stereocenters. The normalized spacial score (nSPS) is 16.0. The number of sulfonamides is 1. The van der Waals surface area contributed by atoms with Crippen LogP contribution in [0.3, 0.4) is 0 Å². The number of morpholine rings is 1. The molecule has 3 rings (SSSR count). The zero-order chi connectivity index (χ0) is 23.3. The van der Waals surface area contributed by atoms with E-state index in [1.165, 1.54) is 10.4 Å². The van der Waals surface area contributed by atoms with Crippen molar-refractivity contribution in [2.45, 2.75) is 38.1 Å². The Morgan fingerprint density at radius 2 is 1.78 bits per heavy atom. The highest BCUT2D eigenvalue weighted by molar-refractivity contribution is 7.89. The number of hydrogen-bond acceptors (Lipinski definition) is 5. The quantitative estimate of drug-likeness (QED) is 0.651. The molecule has 0 spiro atoms. The highest BCUT2D eigenvalue weighted by atomic mass is 32.2. The molecule has 1 N–H and O–H groups in total. The predicted octanol–water partition coefficient (Wildman–Crippen LogP) is 3.54. The minimum Gasteiger partial charge on any atom is -0.497 e. The van der Waals surface area contributed by atoms with Crippen molar-refractivity contribution in [3.63, 3.8) is 0 Å². The highest BCUT2D eigenvalue weighted by Crippen LogP contribution is 2.26. The Morgan fingerprint density at radius 1 is 1.12 bits per heavy atom. The first-order valence-corrected chi connectivity index (χ1v) is 12.3. The molecule has 0 radical (unpaired) electrons. The summed E-state index contributed by atoms with van der Waals surface area (Å²) >= 11 is 0. The standard InChI is InChI=1S/C24H32N2O5S/c1-17(2)15-23(19-6-8-20(30-4)9-7-19)25-24(27)22-16-21(10-5-18(22)3)32(28,29)26-11-13-31-14-12-26/h5-10,16-17,23H,11-15H2,1-4H3,(H,25,27). The molecule has 1 atom stereocenters. The van der Waals surface area contributed by atoms with Gasteiger partial charge >= 0.3 is 0 Å². The number of nitrogens with zero attached hydrogens (tertiary/aromatic N) is 1. The van der Waals surface area contributed by atoms with Crippen LogP contribution in [0.5, 0.6) is 5.75 Å². The van der Waals surface area contributed by atoms with Gasteiger partial charge in [0.25, 0.3) is 5.91 Å². The number of amides is 1. The molecule has 8 heteroatoms. The molecule has 174 valence electrons. The number of hydrogen-bond donors (Lipinski definition) is 1. The van der Waals surface area contributed by atoms with Crippen LogP contribution in [-0.2, 0) is 14.8 Å². The van der Waals surface area contributed by atoms with Gasteiger partial charge in [-0.05, 0) is 54.7 Å². The van der Waals surface area contributed by atoms with Crippen molar-refractivity contribution in [1.29, 1.82) is 0 Å². The van der Waals surface area contributed by atoms with Crippen LogP contribution >= 0.6 is 0 Å². The van der Waals surface area contributed by atoms with Crippen molar-refractivity contribution in [2.75, 3.05) is 33.4 Å². The van der Waals surface area contributed by atoms with Gasteiger partial charge in [0.2, 0.25) is 10.0 Å². The molecule has 1 fully saturated rings. The van der Waals surface area contributed by atoms with Crippen LogP contribution in [0.2, 0.25) is 0 Å². The summed E-state index contributed by atoms with van der Waals surface area (Å²) in [5, 5.41) is 3.11. The third-order valence-corrected chi connectivity index (χ3v) is 7.49. The topological polar surface area (TPSA) is 84.9 Å². The average molecular weight is 461 g/mol. The van der Waals surface area contributed by atoms with E-state index in [-0.39, 0.29) is 16.8 Å². The number of carbonyl (C=O) groups is 1. The summed E-state index contributed by atoms with van der Waals surface area (Å²) in [5.41, 5.74) is 2.06. The first kappa shape index (κ1) is 24.2. The van der Waals surface area contributed by atoms with Crippen LogP contribution in [-0.4, -0.2) is 52.0 Å². The van der Waals surface area contributed by atoms with Crippen LogP contribution in [0.4, 0.5) is 0 Å². The second-order valence-electron chi connectivity index (χ2n) is 8.42. The monoisotopic (exact) mass is 460 g/mol. The van der Waals surface area contributed by atoms with Gasteiger partial charge in [-0.15, -0.1) is 0 Å². The summed E-state index contributed by atoms with van der Waals surface area (Å²) in [6, 6.07) is 12.2. The summed E-state index contributed by atoms with van der Waals surface area (Å²) in [6.07, 6.45) is 0.753. The fourth-order valence-corrected chi connectivity index (χ4v) is 5.20. The lowest BCUT2D eigenvalue weighted by Gasteiger charge is -2.26. The molecule has 0 bridgehead atoms. The van der Waals surface area contributed by atoms with Gasteiger partial charge in [0.15, 0.2) is 0 Å². The van der Waals surface area contributed by atoms with E-state index in [0.29, 0.717) is 37.8 Å². The number of carbonyl (C=O) groups excluding carboxylic acids is 1. The van der Waals surface area contributed by atoms with E-state index in [1.807, 2.05) is 31.2 Å². The third kappa shape index (κ3) is 5.68. The summed E-state index contributed by atoms with van der Waals surface area (Å²) in [5.74, 6) is 0.819. The number of rotatable bonds is 8. The number of aryl methyl sites for hydroxylation is 1. The van der Waals surface area contributed by atoms with Crippen LogP contribution in [0.25, 0.3) is 0 Å². The second kappa shape index (κ2) is 10.5. The lowest BCUT2D eigenvalue weighted by Crippen LogP contribution is -2.40. The van der Waals surface area contributed by atoms with E-state index in [1.54, 1.807) is 19.2 Å². The molecule has 1 aliphatic heterocycles. The number of ether oxygens (including phenoxy) is 2. The van der Waals surface area contributed by atoms with Crippen LogP contribution in [0.1, 0.15) is 47.8 Å². The molecule has 32 heavy (non-hydrogen) atoms. The molecule has 1 saturated heterocycles. The molecular weight excluding hydrogens is 428 g/mol. The molecule has 0 aromatic heterocycles. The zero-order valence-electron chi connectivity index (χ0n) is 19.1. The third-order valence-electron chi connectivity index (χ3n) is 5.59. The van der Waals surface area contributed by atoms with Crippen molar-refractivity contribution in [3.05, 3.63) is 59.2 Å². The van der Waals surface area contributed by atoms with Crippen molar-refractivity contribution >= 4 is 15.9 Å². The number of methoxy groups -OCH3 is 1. The Labute approximate surface area is 190 Å². The van der Waals surface area contributed by atoms with Crippen LogP contribution in [0.15, 0.2) is 47.4 Å². The molecule has 0 aliphatic carbocycles. The Balaban J connectivity index is 1.86.